The van der Waals surface area contributed by atoms with E-state index in [1.165, 1.54) is 6.92 Å². The molecule has 0 aliphatic carbocycles. The molecule has 0 amide bonds. The lowest BCUT2D eigenvalue weighted by molar-refractivity contribution is -0.941. The summed E-state index contributed by atoms with van der Waals surface area (Å²) in [4.78, 5) is 12.2. The van der Waals surface area contributed by atoms with Crippen LogP contribution in [0.15, 0.2) is 30.3 Å². The van der Waals surface area contributed by atoms with Crippen LogP contribution in [-0.2, 0) is 15.1 Å². The summed E-state index contributed by atoms with van der Waals surface area (Å²) in [6.07, 6.45) is 0.833. The highest BCUT2D eigenvalue weighted by atomic mass is 127. The van der Waals surface area contributed by atoms with Gasteiger partial charge in [0.05, 0.1) is 54.4 Å². The molecule has 156 valence electrons. The first kappa shape index (κ1) is 27.1. The van der Waals surface area contributed by atoms with E-state index in [0.717, 1.165) is 34.0 Å². The highest BCUT2D eigenvalue weighted by molar-refractivity contribution is 5.67. The lowest BCUT2D eigenvalue weighted by atomic mass is 9.62. The maximum Gasteiger partial charge on any atom is 0.303 e. The van der Waals surface area contributed by atoms with Crippen molar-refractivity contribution in [1.29, 1.82) is 0 Å². The first-order chi connectivity index (χ1) is 11.3. The van der Waals surface area contributed by atoms with Crippen LogP contribution in [0, 0.1) is 5.41 Å². The number of rotatable bonds is 4. The number of quaternary nitrogens is 2. The first-order valence-electron chi connectivity index (χ1n) is 9.20. The minimum atomic E-state index is -0.598. The number of piperidine rings is 1. The molecule has 1 saturated heterocycles. The topological polar surface area (TPSA) is 26.3 Å². The highest BCUT2D eigenvalue weighted by Crippen LogP contribution is 2.53. The molecule has 1 fully saturated rings. The second kappa shape index (κ2) is 9.26. The van der Waals surface area contributed by atoms with Gasteiger partial charge in [-0.1, -0.05) is 30.3 Å². The van der Waals surface area contributed by atoms with Gasteiger partial charge in [0.15, 0.2) is 5.60 Å². The third-order valence-corrected chi connectivity index (χ3v) is 5.89. The molecule has 0 aromatic heterocycles. The predicted molar refractivity (Wildman–Crippen MR) is 102 cm³/mol. The Morgan fingerprint density at radius 3 is 2.15 bits per heavy atom. The van der Waals surface area contributed by atoms with Crippen LogP contribution in [-0.4, -0.2) is 69.3 Å². The van der Waals surface area contributed by atoms with Crippen molar-refractivity contribution >= 4 is 5.97 Å². The summed E-state index contributed by atoms with van der Waals surface area (Å²) in [6.45, 7) is 8.01. The van der Waals surface area contributed by atoms with Crippen LogP contribution < -0.4 is 48.0 Å². The SMILES string of the molecule is CC(=O)OC1(c2ccccc2)CC(C)[N+](C)(C)CC1(C)C[N+](C)(C)C.[I-].[I-]. The number of esters is 1. The number of carbonyl (C=O) groups excluding carboxylic acids is 1. The molecule has 0 bridgehead atoms. The molecule has 4 nitrogen and oxygen atoms in total. The van der Waals surface area contributed by atoms with Crippen molar-refractivity contribution in [1.82, 2.24) is 0 Å². The molecule has 3 unspecified atom stereocenters. The largest absolute Gasteiger partial charge is 1.00 e. The summed E-state index contributed by atoms with van der Waals surface area (Å²) in [5.41, 5.74) is 0.347. The Labute approximate surface area is 199 Å². The van der Waals surface area contributed by atoms with E-state index in [0.29, 0.717) is 6.04 Å². The quantitative estimate of drug-likeness (QED) is 0.209. The molecule has 0 radical (unpaired) electrons. The fraction of sp³-hybridized carbons (Fsp3) is 0.667. The second-order valence-electron chi connectivity index (χ2n) is 9.79. The van der Waals surface area contributed by atoms with Gasteiger partial charge in [0, 0.05) is 13.3 Å². The van der Waals surface area contributed by atoms with E-state index in [4.69, 9.17) is 4.74 Å². The molecular weight excluding hydrogens is 566 g/mol. The van der Waals surface area contributed by atoms with Crippen molar-refractivity contribution < 1.29 is 66.5 Å². The number of halogens is 2. The maximum absolute atomic E-state index is 12.2. The van der Waals surface area contributed by atoms with Gasteiger partial charge in [-0.2, -0.15) is 0 Å². The average molecular weight is 602 g/mol. The molecular formula is C21H36I2N2O2. The molecule has 1 aromatic carbocycles. The molecule has 1 aliphatic rings. The van der Waals surface area contributed by atoms with Crippen LogP contribution >= 0.6 is 0 Å². The Morgan fingerprint density at radius 2 is 1.70 bits per heavy atom. The van der Waals surface area contributed by atoms with E-state index in [1.54, 1.807) is 0 Å². The Morgan fingerprint density at radius 1 is 1.19 bits per heavy atom. The third kappa shape index (κ3) is 5.79. The minimum absolute atomic E-state index is 0. The monoisotopic (exact) mass is 602 g/mol. The third-order valence-electron chi connectivity index (χ3n) is 5.89. The van der Waals surface area contributed by atoms with Gasteiger partial charge in [-0.3, -0.25) is 4.79 Å². The summed E-state index contributed by atoms with van der Waals surface area (Å²) in [5.74, 6) is -0.198. The number of nitrogens with zero attached hydrogens (tertiary/aromatic N) is 2. The number of benzene rings is 1. The first-order valence-corrected chi connectivity index (χ1v) is 9.20. The molecule has 0 spiro atoms. The smallest absolute Gasteiger partial charge is 0.303 e. The van der Waals surface area contributed by atoms with Crippen molar-refractivity contribution in [2.45, 2.75) is 38.8 Å². The van der Waals surface area contributed by atoms with Gasteiger partial charge in [0.1, 0.15) is 5.41 Å². The maximum atomic E-state index is 12.2. The van der Waals surface area contributed by atoms with Gasteiger partial charge in [0.25, 0.3) is 0 Å². The van der Waals surface area contributed by atoms with Crippen LogP contribution in [0.5, 0.6) is 0 Å². The van der Waals surface area contributed by atoms with Crippen molar-refractivity contribution in [3.05, 3.63) is 35.9 Å². The summed E-state index contributed by atoms with van der Waals surface area (Å²) < 4.78 is 8.00. The van der Waals surface area contributed by atoms with Gasteiger partial charge < -0.3 is 61.7 Å². The normalized spacial score (nSPS) is 29.9. The fourth-order valence-electron chi connectivity index (χ4n) is 4.96. The van der Waals surface area contributed by atoms with E-state index < -0.39 is 5.60 Å². The van der Waals surface area contributed by atoms with Crippen molar-refractivity contribution in [2.75, 3.05) is 48.3 Å². The van der Waals surface area contributed by atoms with E-state index in [1.807, 2.05) is 18.2 Å². The van der Waals surface area contributed by atoms with Crippen LogP contribution in [0.4, 0.5) is 0 Å². The van der Waals surface area contributed by atoms with Crippen molar-refractivity contribution in [2.24, 2.45) is 5.41 Å². The van der Waals surface area contributed by atoms with Gasteiger partial charge >= 0.3 is 5.97 Å². The molecule has 3 atom stereocenters. The summed E-state index contributed by atoms with van der Waals surface area (Å²) in [6, 6.07) is 10.8. The minimum Gasteiger partial charge on any atom is -1.00 e. The van der Waals surface area contributed by atoms with Gasteiger partial charge in [0.2, 0.25) is 0 Å². The molecule has 27 heavy (non-hydrogen) atoms. The number of ether oxygens (including phenoxy) is 1. The Hall–Kier alpha value is 0.0700. The lowest BCUT2D eigenvalue weighted by Crippen LogP contribution is -3.00. The van der Waals surface area contributed by atoms with E-state index in [-0.39, 0.29) is 59.3 Å². The predicted octanol–water partition coefficient (Wildman–Crippen LogP) is -2.97. The van der Waals surface area contributed by atoms with Crippen LogP contribution in [0.3, 0.4) is 0 Å². The van der Waals surface area contributed by atoms with Gasteiger partial charge in [-0.25, -0.2) is 0 Å². The Bertz CT molecular complexity index is 631. The summed E-state index contributed by atoms with van der Waals surface area (Å²) in [5, 5.41) is 0. The van der Waals surface area contributed by atoms with E-state index in [9.17, 15) is 4.79 Å². The molecule has 1 heterocycles. The van der Waals surface area contributed by atoms with Gasteiger partial charge in [-0.15, -0.1) is 0 Å². The second-order valence-corrected chi connectivity index (χ2v) is 9.79. The molecule has 1 aliphatic heterocycles. The van der Waals surface area contributed by atoms with Crippen molar-refractivity contribution in [3.8, 4) is 0 Å². The molecule has 2 rings (SSSR count). The zero-order chi connectivity index (χ0) is 19.1. The van der Waals surface area contributed by atoms with Crippen LogP contribution in [0.2, 0.25) is 0 Å². The zero-order valence-corrected chi connectivity index (χ0v) is 22.4. The summed E-state index contributed by atoms with van der Waals surface area (Å²) >= 11 is 0. The van der Waals surface area contributed by atoms with E-state index in [2.05, 4.69) is 61.2 Å². The standard InChI is InChI=1S/C21H36N2O2.2HI/c1-17-14-21(25-18(2)24,19-12-10-9-11-13-19)20(3,15-22(4,5)6)16-23(17,7)8;;/h9-13,17H,14-16H2,1-8H3;2*1H/q+2;;/p-2. The number of hydrogen-bond donors (Lipinski definition) is 0. The molecule has 0 saturated carbocycles. The van der Waals surface area contributed by atoms with Crippen LogP contribution in [0.25, 0.3) is 0 Å². The van der Waals surface area contributed by atoms with Crippen LogP contribution in [0.1, 0.15) is 32.8 Å². The number of hydrogen-bond acceptors (Lipinski definition) is 2. The average Bonchev–Trinajstić information content (AvgIpc) is 2.42. The number of carbonyl (C=O) groups is 1. The summed E-state index contributed by atoms with van der Waals surface area (Å²) in [7, 11) is 11.2. The lowest BCUT2D eigenvalue weighted by Gasteiger charge is -2.58. The fourth-order valence-corrected chi connectivity index (χ4v) is 4.96. The Balaban J connectivity index is 0.00000338. The molecule has 1 aromatic rings. The highest BCUT2D eigenvalue weighted by Gasteiger charge is 2.63. The zero-order valence-electron chi connectivity index (χ0n) is 18.1. The van der Waals surface area contributed by atoms with Gasteiger partial charge in [-0.05, 0) is 19.4 Å². The Kier molecular flexibility index (Phi) is 9.28. The molecule has 6 heteroatoms. The van der Waals surface area contributed by atoms with E-state index >= 15 is 0 Å². The molecule has 0 N–H and O–H groups in total. The number of likely N-dealkylation sites (tertiary alicyclic amines) is 1. The van der Waals surface area contributed by atoms with Crippen molar-refractivity contribution in [3.63, 3.8) is 0 Å².